The number of piperidine rings is 1. The Morgan fingerprint density at radius 3 is 2.55 bits per heavy atom. The minimum atomic E-state index is -0.395. The monoisotopic (exact) mass is 424 g/mol. The first-order valence-electron chi connectivity index (χ1n) is 10.3. The molecule has 0 radical (unpaired) electrons. The fourth-order valence-corrected chi connectivity index (χ4v) is 4.19. The molecule has 0 aromatic heterocycles. The van der Waals surface area contributed by atoms with Crippen molar-refractivity contribution in [2.24, 2.45) is 0 Å². The van der Waals surface area contributed by atoms with E-state index in [1.54, 1.807) is 26.2 Å². The van der Waals surface area contributed by atoms with Gasteiger partial charge in [-0.15, -0.1) is 0 Å². The molecule has 0 bridgehead atoms. The summed E-state index contributed by atoms with van der Waals surface area (Å²) in [7, 11) is 3.34. The normalized spacial score (nSPS) is 17.6. The van der Waals surface area contributed by atoms with Crippen molar-refractivity contribution >= 4 is 34.8 Å². The minimum absolute atomic E-state index is 0.143. The molecule has 1 N–H and O–H groups in total. The van der Waals surface area contributed by atoms with Gasteiger partial charge in [0.1, 0.15) is 18.4 Å². The highest BCUT2D eigenvalue weighted by Gasteiger charge is 2.40. The van der Waals surface area contributed by atoms with Crippen molar-refractivity contribution in [2.45, 2.75) is 25.3 Å². The largest absolute Gasteiger partial charge is 0.358 e. The summed E-state index contributed by atoms with van der Waals surface area (Å²) in [6.45, 7) is 0.577. The molecule has 2 aromatic carbocycles. The third-order valence-corrected chi connectivity index (χ3v) is 5.71. The lowest BCUT2D eigenvalue weighted by Gasteiger charge is -2.45. The number of carbonyl (C=O) groups is 3. The van der Waals surface area contributed by atoms with Crippen molar-refractivity contribution < 1.29 is 18.8 Å². The summed E-state index contributed by atoms with van der Waals surface area (Å²) >= 11 is 0. The average molecular weight is 424 g/mol. The van der Waals surface area contributed by atoms with Crippen LogP contribution < -0.4 is 15.1 Å². The van der Waals surface area contributed by atoms with Crippen LogP contribution in [0.15, 0.2) is 42.5 Å². The lowest BCUT2D eigenvalue weighted by molar-refractivity contribution is -0.123. The van der Waals surface area contributed by atoms with Crippen LogP contribution in [0.4, 0.5) is 21.5 Å². The van der Waals surface area contributed by atoms with E-state index in [2.05, 4.69) is 10.2 Å². The van der Waals surface area contributed by atoms with Crippen LogP contribution in [0.1, 0.15) is 29.6 Å². The number of amides is 3. The Morgan fingerprint density at radius 2 is 1.84 bits per heavy atom. The van der Waals surface area contributed by atoms with Gasteiger partial charge in [0.2, 0.25) is 11.8 Å². The number of halogens is 1. The molecule has 4 rings (SSSR count). The highest BCUT2D eigenvalue weighted by molar-refractivity contribution is 6.11. The third-order valence-electron chi connectivity index (χ3n) is 5.71. The van der Waals surface area contributed by atoms with Gasteiger partial charge in [-0.3, -0.25) is 19.3 Å². The van der Waals surface area contributed by atoms with E-state index in [0.717, 1.165) is 31.5 Å². The first-order valence-corrected chi connectivity index (χ1v) is 10.3. The zero-order chi connectivity index (χ0) is 22.1. The Labute approximate surface area is 180 Å². The van der Waals surface area contributed by atoms with Crippen LogP contribution in [0.25, 0.3) is 0 Å². The molecule has 1 atom stereocenters. The van der Waals surface area contributed by atoms with Gasteiger partial charge in [0.05, 0.1) is 11.4 Å². The first kappa shape index (κ1) is 20.8. The van der Waals surface area contributed by atoms with Gasteiger partial charge >= 0.3 is 0 Å². The van der Waals surface area contributed by atoms with Gasteiger partial charge < -0.3 is 15.1 Å². The molecule has 2 aliphatic heterocycles. The van der Waals surface area contributed by atoms with Crippen LogP contribution in [0, 0.1) is 5.82 Å². The average Bonchev–Trinajstić information content (AvgIpc) is 2.77. The van der Waals surface area contributed by atoms with E-state index < -0.39 is 5.82 Å². The van der Waals surface area contributed by atoms with Crippen LogP contribution in [0.5, 0.6) is 0 Å². The second-order valence-electron chi connectivity index (χ2n) is 8.09. The topological polar surface area (TPSA) is 73.0 Å². The summed E-state index contributed by atoms with van der Waals surface area (Å²) in [5.41, 5.74) is 2.32. The Bertz CT molecular complexity index is 1020. The molecule has 31 heavy (non-hydrogen) atoms. The second kappa shape index (κ2) is 8.37. The SMILES string of the molecule is CN(C)C(=O)c1ccc2c(c1)N(CC(=O)Nc1ccc(F)cc1)C(=O)[C@@H]1CCCCN21. The fraction of sp³-hybridized carbons (Fsp3) is 0.348. The van der Waals surface area contributed by atoms with Gasteiger partial charge in [-0.2, -0.15) is 0 Å². The maximum Gasteiger partial charge on any atom is 0.253 e. The van der Waals surface area contributed by atoms with Crippen LogP contribution in [0.3, 0.4) is 0 Å². The summed E-state index contributed by atoms with van der Waals surface area (Å²) < 4.78 is 13.1. The van der Waals surface area contributed by atoms with E-state index in [1.165, 1.54) is 34.1 Å². The molecule has 0 aliphatic carbocycles. The molecule has 0 unspecified atom stereocenters. The molecular weight excluding hydrogens is 399 g/mol. The molecule has 8 heteroatoms. The van der Waals surface area contributed by atoms with Crippen molar-refractivity contribution in [1.82, 2.24) is 4.90 Å². The fourth-order valence-electron chi connectivity index (χ4n) is 4.19. The quantitative estimate of drug-likeness (QED) is 0.819. The van der Waals surface area contributed by atoms with Gasteiger partial charge in [0.15, 0.2) is 0 Å². The summed E-state index contributed by atoms with van der Waals surface area (Å²) in [6, 6.07) is 10.5. The second-order valence-corrected chi connectivity index (χ2v) is 8.09. The van der Waals surface area contributed by atoms with E-state index in [9.17, 15) is 18.8 Å². The molecule has 0 spiro atoms. The van der Waals surface area contributed by atoms with Crippen molar-refractivity contribution in [3.8, 4) is 0 Å². The molecular formula is C23H25FN4O3. The number of nitrogens with zero attached hydrogens (tertiary/aromatic N) is 3. The lowest BCUT2D eigenvalue weighted by atomic mass is 9.95. The van der Waals surface area contributed by atoms with E-state index in [-0.39, 0.29) is 30.3 Å². The smallest absolute Gasteiger partial charge is 0.253 e. The van der Waals surface area contributed by atoms with Crippen molar-refractivity contribution in [3.63, 3.8) is 0 Å². The van der Waals surface area contributed by atoms with Crippen LogP contribution in [-0.4, -0.2) is 55.8 Å². The minimum Gasteiger partial charge on any atom is -0.358 e. The molecule has 2 heterocycles. The highest BCUT2D eigenvalue weighted by atomic mass is 19.1. The lowest BCUT2D eigenvalue weighted by Crippen LogP contribution is -2.56. The molecule has 1 saturated heterocycles. The standard InChI is InChI=1S/C23H25FN4O3/c1-26(2)22(30)15-6-11-18-20(13-15)28(23(31)19-5-3-4-12-27(18)19)14-21(29)25-17-9-7-16(24)8-10-17/h6-11,13,19H,3-5,12,14H2,1-2H3,(H,25,29)/t19-/m0/s1. The van der Waals surface area contributed by atoms with Crippen molar-refractivity contribution in [1.29, 1.82) is 0 Å². The van der Waals surface area contributed by atoms with Gasteiger partial charge in [0.25, 0.3) is 5.91 Å². The molecule has 162 valence electrons. The van der Waals surface area contributed by atoms with Crippen molar-refractivity contribution in [3.05, 3.63) is 53.8 Å². The Hall–Kier alpha value is -3.42. The first-order chi connectivity index (χ1) is 14.8. The Kier molecular flexibility index (Phi) is 5.63. The van der Waals surface area contributed by atoms with E-state index in [0.29, 0.717) is 16.9 Å². The molecule has 1 fully saturated rings. The van der Waals surface area contributed by atoms with Crippen LogP contribution in [0.2, 0.25) is 0 Å². The Morgan fingerprint density at radius 1 is 1.10 bits per heavy atom. The number of benzene rings is 2. The predicted octanol–water partition coefficient (Wildman–Crippen LogP) is 2.87. The molecule has 2 aliphatic rings. The maximum atomic E-state index is 13.3. The molecule has 7 nitrogen and oxygen atoms in total. The van der Waals surface area contributed by atoms with Gasteiger partial charge in [0, 0.05) is 31.9 Å². The predicted molar refractivity (Wildman–Crippen MR) is 117 cm³/mol. The van der Waals surface area contributed by atoms with Gasteiger partial charge in [-0.05, 0) is 61.7 Å². The van der Waals surface area contributed by atoms with Crippen molar-refractivity contribution in [2.75, 3.05) is 42.3 Å². The maximum absolute atomic E-state index is 13.3. The molecule has 0 saturated carbocycles. The number of fused-ring (bicyclic) bond motifs is 3. The van der Waals surface area contributed by atoms with Gasteiger partial charge in [-0.1, -0.05) is 0 Å². The number of hydrogen-bond acceptors (Lipinski definition) is 4. The zero-order valence-electron chi connectivity index (χ0n) is 17.6. The summed E-state index contributed by atoms with van der Waals surface area (Å²) in [4.78, 5) is 43.6. The number of rotatable bonds is 4. The summed E-state index contributed by atoms with van der Waals surface area (Å²) in [5, 5.41) is 2.71. The van der Waals surface area contributed by atoms with E-state index in [4.69, 9.17) is 0 Å². The van der Waals surface area contributed by atoms with Crippen LogP contribution >= 0.6 is 0 Å². The van der Waals surface area contributed by atoms with E-state index >= 15 is 0 Å². The van der Waals surface area contributed by atoms with E-state index in [1.807, 2.05) is 6.07 Å². The third kappa shape index (κ3) is 4.10. The highest BCUT2D eigenvalue weighted by Crippen LogP contribution is 2.40. The van der Waals surface area contributed by atoms with Gasteiger partial charge in [-0.25, -0.2) is 4.39 Å². The number of anilines is 3. The zero-order valence-corrected chi connectivity index (χ0v) is 17.6. The number of nitrogens with one attached hydrogen (secondary N) is 1. The number of carbonyl (C=O) groups excluding carboxylic acids is 3. The Balaban J connectivity index is 1.66. The number of hydrogen-bond donors (Lipinski definition) is 1. The molecule has 2 aromatic rings. The summed E-state index contributed by atoms with van der Waals surface area (Å²) in [5.74, 6) is -1.10. The molecule has 3 amide bonds. The summed E-state index contributed by atoms with van der Waals surface area (Å²) in [6.07, 6.45) is 2.68. The van der Waals surface area contributed by atoms with Crippen LogP contribution in [-0.2, 0) is 9.59 Å².